The van der Waals surface area contributed by atoms with E-state index in [4.69, 9.17) is 6.57 Å². The van der Waals surface area contributed by atoms with Gasteiger partial charge in [0.05, 0.1) is 18.7 Å². The molecule has 5 heteroatoms. The first kappa shape index (κ1) is 13.9. The van der Waals surface area contributed by atoms with E-state index in [0.717, 1.165) is 45.7 Å². The molecular weight excluding hydrogens is 328 g/mol. The van der Waals surface area contributed by atoms with Gasteiger partial charge >= 0.3 is 0 Å². The second-order valence-corrected chi connectivity index (χ2v) is 5.86. The van der Waals surface area contributed by atoms with Gasteiger partial charge in [-0.3, -0.25) is 5.10 Å². The van der Waals surface area contributed by atoms with Gasteiger partial charge in [0.15, 0.2) is 5.70 Å². The fourth-order valence-electron chi connectivity index (χ4n) is 2.75. The maximum atomic E-state index is 7.63. The van der Waals surface area contributed by atoms with Crippen molar-refractivity contribution in [2.45, 2.75) is 25.7 Å². The number of halogens is 1. The summed E-state index contributed by atoms with van der Waals surface area (Å²) in [4.78, 5) is 3.83. The monoisotopic (exact) mass is 342 g/mol. The van der Waals surface area contributed by atoms with Crippen LogP contribution in [-0.4, -0.2) is 10.2 Å². The first-order valence-electron chi connectivity index (χ1n) is 6.91. The lowest BCUT2D eigenvalue weighted by Gasteiger charge is -2.26. The number of hydrogen-bond acceptors (Lipinski definition) is 2. The van der Waals surface area contributed by atoms with Crippen molar-refractivity contribution >= 4 is 21.7 Å². The van der Waals surface area contributed by atoms with E-state index in [2.05, 4.69) is 49.3 Å². The summed E-state index contributed by atoms with van der Waals surface area (Å²) in [5, 5.41) is 10.5. The summed E-state index contributed by atoms with van der Waals surface area (Å²) < 4.78 is 1.01. The Balaban J connectivity index is 2.20. The van der Waals surface area contributed by atoms with E-state index in [1.165, 1.54) is 0 Å². The minimum Gasteiger partial charge on any atom is -0.354 e. The molecule has 1 aromatic heterocycles. The van der Waals surface area contributed by atoms with Crippen LogP contribution in [0.4, 0.5) is 5.82 Å². The van der Waals surface area contributed by atoms with E-state index in [0.29, 0.717) is 0 Å². The first-order chi connectivity index (χ1) is 10.3. The summed E-state index contributed by atoms with van der Waals surface area (Å²) in [6.45, 7) is 9.75. The molecule has 0 saturated carbocycles. The molecule has 106 valence electrons. The largest absolute Gasteiger partial charge is 0.354 e. The fourth-order valence-corrected chi connectivity index (χ4v) is 3.26. The third-order valence-corrected chi connectivity index (χ3v) is 4.40. The van der Waals surface area contributed by atoms with E-state index >= 15 is 0 Å². The highest BCUT2D eigenvalue weighted by molar-refractivity contribution is 9.10. The highest BCUT2D eigenvalue weighted by Gasteiger charge is 2.32. The summed E-state index contributed by atoms with van der Waals surface area (Å²) in [5.74, 6) is 0.821. The molecule has 4 nitrogen and oxygen atoms in total. The highest BCUT2D eigenvalue weighted by Crippen LogP contribution is 2.44. The summed E-state index contributed by atoms with van der Waals surface area (Å²) in [5.41, 5.74) is 3.87. The van der Waals surface area contributed by atoms with Crippen molar-refractivity contribution in [2.24, 2.45) is 0 Å². The minimum atomic E-state index is -0.0744. The number of H-pyrrole nitrogens is 1. The van der Waals surface area contributed by atoms with Crippen molar-refractivity contribution in [3.05, 3.63) is 68.9 Å². The minimum absolute atomic E-state index is 0.0744. The number of hydrogen-bond donors (Lipinski definition) is 2. The third-order valence-electron chi connectivity index (χ3n) is 3.67. The number of benzene rings is 1. The zero-order valence-corrected chi connectivity index (χ0v) is 13.2. The third kappa shape index (κ3) is 2.36. The molecule has 0 fully saturated rings. The van der Waals surface area contributed by atoms with Crippen LogP contribution < -0.4 is 5.32 Å². The maximum Gasteiger partial charge on any atom is 0.196 e. The molecule has 0 amide bonds. The number of fused-ring (bicyclic) bond motifs is 1. The number of nitrogens with zero attached hydrogens (tertiary/aromatic N) is 2. The van der Waals surface area contributed by atoms with E-state index in [9.17, 15) is 0 Å². The molecule has 1 aliphatic rings. The van der Waals surface area contributed by atoms with Gasteiger partial charge in [-0.05, 0) is 18.1 Å². The molecule has 2 N–H and O–H groups in total. The molecule has 0 aliphatic carbocycles. The van der Waals surface area contributed by atoms with E-state index in [-0.39, 0.29) is 5.92 Å². The van der Waals surface area contributed by atoms with Gasteiger partial charge in [-0.2, -0.15) is 5.10 Å². The van der Waals surface area contributed by atoms with Crippen molar-refractivity contribution in [3.63, 3.8) is 0 Å². The molecule has 0 spiro atoms. The molecule has 1 aromatic carbocycles. The molecule has 21 heavy (non-hydrogen) atoms. The van der Waals surface area contributed by atoms with E-state index < -0.39 is 0 Å². The Hall–Kier alpha value is -2.06. The Morgan fingerprint density at radius 1 is 1.33 bits per heavy atom. The average Bonchev–Trinajstić information content (AvgIpc) is 2.95. The summed E-state index contributed by atoms with van der Waals surface area (Å²) >= 11 is 3.61. The average molecular weight is 343 g/mol. The normalized spacial score (nSPS) is 17.1. The van der Waals surface area contributed by atoms with Gasteiger partial charge in [0.1, 0.15) is 5.82 Å². The fraction of sp³-hybridized carbons (Fsp3) is 0.250. The van der Waals surface area contributed by atoms with E-state index in [1.807, 2.05) is 18.2 Å². The Morgan fingerprint density at radius 3 is 2.86 bits per heavy atom. The highest BCUT2D eigenvalue weighted by atomic mass is 79.9. The lowest BCUT2D eigenvalue weighted by Crippen LogP contribution is -2.17. The van der Waals surface area contributed by atoms with Crippen molar-refractivity contribution < 1.29 is 0 Å². The van der Waals surface area contributed by atoms with Crippen LogP contribution in [0.15, 0.2) is 46.3 Å². The summed E-state index contributed by atoms with van der Waals surface area (Å²) in [6, 6.07) is 8.06. The molecular formula is C16H15BrN4. The molecule has 1 aliphatic heterocycles. The van der Waals surface area contributed by atoms with Crippen LogP contribution in [-0.2, 0) is 0 Å². The van der Waals surface area contributed by atoms with Crippen LogP contribution in [0.5, 0.6) is 0 Å². The zero-order valence-electron chi connectivity index (χ0n) is 11.7. The predicted molar refractivity (Wildman–Crippen MR) is 86.7 cm³/mol. The second kappa shape index (κ2) is 5.74. The summed E-state index contributed by atoms with van der Waals surface area (Å²) in [7, 11) is 0. The first-order valence-corrected chi connectivity index (χ1v) is 7.70. The van der Waals surface area contributed by atoms with Crippen LogP contribution in [0.2, 0.25) is 0 Å². The van der Waals surface area contributed by atoms with Crippen molar-refractivity contribution in [3.8, 4) is 0 Å². The quantitative estimate of drug-likeness (QED) is 0.796. The lowest BCUT2D eigenvalue weighted by molar-refractivity contribution is 0.843. The van der Waals surface area contributed by atoms with Crippen molar-refractivity contribution in [1.82, 2.24) is 10.2 Å². The number of aromatic nitrogens is 2. The molecule has 2 heterocycles. The summed E-state index contributed by atoms with van der Waals surface area (Å²) in [6.07, 6.45) is 3.66. The van der Waals surface area contributed by atoms with Crippen molar-refractivity contribution in [2.75, 3.05) is 5.32 Å². The molecule has 1 atom stereocenters. The van der Waals surface area contributed by atoms with Crippen LogP contribution in [0.3, 0.4) is 0 Å². The number of anilines is 1. The van der Waals surface area contributed by atoms with Crippen LogP contribution in [0, 0.1) is 6.57 Å². The van der Waals surface area contributed by atoms with Crippen LogP contribution in [0.1, 0.15) is 36.8 Å². The Kier molecular flexibility index (Phi) is 3.80. The Bertz CT molecular complexity index is 739. The number of allylic oxidation sites excluding steroid dienone is 2. The molecule has 0 bridgehead atoms. The smallest absolute Gasteiger partial charge is 0.196 e. The second-order valence-electron chi connectivity index (χ2n) is 5.01. The van der Waals surface area contributed by atoms with Crippen LogP contribution in [0.25, 0.3) is 4.85 Å². The van der Waals surface area contributed by atoms with Gasteiger partial charge in [0.2, 0.25) is 0 Å². The number of nitrogens with one attached hydrogen (secondary N) is 2. The zero-order chi connectivity index (χ0) is 14.8. The van der Waals surface area contributed by atoms with Gasteiger partial charge in [-0.15, -0.1) is 0 Å². The number of rotatable bonds is 3. The predicted octanol–water partition coefficient (Wildman–Crippen LogP) is 4.66. The number of aromatic amines is 1. The van der Waals surface area contributed by atoms with Crippen molar-refractivity contribution in [1.29, 1.82) is 0 Å². The Morgan fingerprint density at radius 2 is 2.14 bits per heavy atom. The maximum absolute atomic E-state index is 7.63. The molecule has 1 unspecified atom stereocenters. The van der Waals surface area contributed by atoms with E-state index in [1.54, 1.807) is 6.20 Å². The SMILES string of the molecule is [C-]#[N+]C1=C(CCC)Nc2[nH]ncc2C1c1ccccc1Br. The molecule has 0 saturated heterocycles. The van der Waals surface area contributed by atoms with Gasteiger partial charge < -0.3 is 5.32 Å². The lowest BCUT2D eigenvalue weighted by atomic mass is 9.86. The van der Waals surface area contributed by atoms with Gasteiger partial charge in [-0.25, -0.2) is 4.85 Å². The van der Waals surface area contributed by atoms with Gasteiger partial charge in [0, 0.05) is 15.7 Å². The molecule has 0 radical (unpaired) electrons. The molecule has 3 rings (SSSR count). The van der Waals surface area contributed by atoms with Gasteiger partial charge in [-0.1, -0.05) is 47.5 Å². The topological polar surface area (TPSA) is 45.1 Å². The Labute approximate surface area is 132 Å². The standard InChI is InChI=1S/C16H15BrN4/c1-3-6-13-15(18-2)14(10-7-4-5-8-12(10)17)11-9-19-21-16(11)20-13/h4-5,7-9,14H,3,6H2,1H3,(H2,19,20,21). The molecule has 2 aromatic rings. The van der Waals surface area contributed by atoms with Crippen LogP contribution >= 0.6 is 15.9 Å². The van der Waals surface area contributed by atoms with Gasteiger partial charge in [0.25, 0.3) is 0 Å².